The zero-order chi connectivity index (χ0) is 15.1. The lowest BCUT2D eigenvalue weighted by Crippen LogP contribution is -2.38. The number of aromatic carboxylic acids is 1. The maximum absolute atomic E-state index is 12.0. The van der Waals surface area contributed by atoms with Crippen LogP contribution in [0.3, 0.4) is 0 Å². The Labute approximate surface area is 124 Å². The van der Waals surface area contributed by atoms with Gasteiger partial charge in [-0.3, -0.25) is 0 Å². The number of carbonyl (C=O) groups is 2. The van der Waals surface area contributed by atoms with Gasteiger partial charge in [0.25, 0.3) is 0 Å². The van der Waals surface area contributed by atoms with E-state index in [0.717, 1.165) is 25.7 Å². The van der Waals surface area contributed by atoms with E-state index in [1.54, 1.807) is 18.2 Å². The third-order valence-electron chi connectivity index (χ3n) is 3.85. The summed E-state index contributed by atoms with van der Waals surface area (Å²) in [5.41, 5.74) is 0.429. The van der Waals surface area contributed by atoms with Crippen LogP contribution in [-0.4, -0.2) is 23.1 Å². The molecule has 1 aromatic carbocycles. The molecule has 5 nitrogen and oxygen atoms in total. The van der Waals surface area contributed by atoms with E-state index < -0.39 is 5.97 Å². The number of carboxylic acids is 1. The Morgan fingerprint density at radius 3 is 2.29 bits per heavy atom. The number of hydrogen-bond acceptors (Lipinski definition) is 2. The minimum absolute atomic E-state index is 0.102. The van der Waals surface area contributed by atoms with E-state index >= 15 is 0 Å². The second-order valence-corrected chi connectivity index (χ2v) is 5.49. The highest BCUT2D eigenvalue weighted by atomic mass is 16.4. The van der Waals surface area contributed by atoms with Gasteiger partial charge in [0.2, 0.25) is 0 Å². The van der Waals surface area contributed by atoms with E-state index in [-0.39, 0.29) is 17.6 Å². The third kappa shape index (κ3) is 4.77. The molecule has 0 bridgehead atoms. The van der Waals surface area contributed by atoms with E-state index in [9.17, 15) is 9.59 Å². The van der Waals surface area contributed by atoms with E-state index in [4.69, 9.17) is 5.11 Å². The number of rotatable bonds is 3. The highest BCUT2D eigenvalue weighted by molar-refractivity contribution is 5.99. The quantitative estimate of drug-likeness (QED) is 0.795. The molecular weight excluding hydrogens is 268 g/mol. The largest absolute Gasteiger partial charge is 0.478 e. The molecule has 114 valence electrons. The molecular formula is C16H22N2O3. The number of nitrogens with one attached hydrogen (secondary N) is 2. The number of carbonyl (C=O) groups excluding carboxylic acids is 1. The van der Waals surface area contributed by atoms with Gasteiger partial charge in [-0.2, -0.15) is 0 Å². The summed E-state index contributed by atoms with van der Waals surface area (Å²) in [7, 11) is 0. The smallest absolute Gasteiger partial charge is 0.337 e. The molecule has 0 spiro atoms. The first kappa shape index (κ1) is 15.4. The summed E-state index contributed by atoms with van der Waals surface area (Å²) in [4.78, 5) is 23.1. The zero-order valence-corrected chi connectivity index (χ0v) is 12.1. The fourth-order valence-corrected chi connectivity index (χ4v) is 2.72. The van der Waals surface area contributed by atoms with Crippen LogP contribution < -0.4 is 10.6 Å². The van der Waals surface area contributed by atoms with Gasteiger partial charge in [0, 0.05) is 6.04 Å². The third-order valence-corrected chi connectivity index (χ3v) is 3.85. The number of hydrogen-bond donors (Lipinski definition) is 3. The van der Waals surface area contributed by atoms with E-state index in [1.807, 2.05) is 0 Å². The molecule has 1 aromatic rings. The van der Waals surface area contributed by atoms with Gasteiger partial charge in [-0.25, -0.2) is 9.59 Å². The summed E-state index contributed by atoms with van der Waals surface area (Å²) >= 11 is 0. The van der Waals surface area contributed by atoms with Crippen LogP contribution in [0.5, 0.6) is 0 Å². The number of urea groups is 1. The number of para-hydroxylation sites is 1. The van der Waals surface area contributed by atoms with Crippen LogP contribution in [0.1, 0.15) is 55.3 Å². The van der Waals surface area contributed by atoms with Crippen LogP contribution in [0.4, 0.5) is 10.5 Å². The summed E-state index contributed by atoms with van der Waals surface area (Å²) < 4.78 is 0. The first-order chi connectivity index (χ1) is 10.2. The van der Waals surface area contributed by atoms with Crippen molar-refractivity contribution in [3.05, 3.63) is 29.8 Å². The molecule has 0 aliphatic heterocycles. The van der Waals surface area contributed by atoms with Crippen molar-refractivity contribution in [1.29, 1.82) is 0 Å². The molecule has 0 radical (unpaired) electrons. The van der Waals surface area contributed by atoms with E-state index in [0.29, 0.717) is 5.69 Å². The molecule has 0 heterocycles. The lowest BCUT2D eigenvalue weighted by atomic mass is 9.97. The monoisotopic (exact) mass is 290 g/mol. The average molecular weight is 290 g/mol. The number of amides is 2. The first-order valence-electron chi connectivity index (χ1n) is 7.56. The summed E-state index contributed by atoms with van der Waals surface area (Å²) in [6.45, 7) is 0. The molecule has 3 N–H and O–H groups in total. The SMILES string of the molecule is O=C(Nc1ccccc1C(=O)O)NC1CCCCCCC1. The molecule has 1 aliphatic rings. The number of benzene rings is 1. The van der Waals surface area contributed by atoms with Crippen molar-refractivity contribution in [3.8, 4) is 0 Å². The van der Waals surface area contributed by atoms with Gasteiger partial charge in [-0.15, -0.1) is 0 Å². The van der Waals surface area contributed by atoms with Crippen LogP contribution in [0.25, 0.3) is 0 Å². The van der Waals surface area contributed by atoms with Crippen LogP contribution in [-0.2, 0) is 0 Å². The number of anilines is 1. The lowest BCUT2D eigenvalue weighted by Gasteiger charge is -2.21. The topological polar surface area (TPSA) is 78.4 Å². The van der Waals surface area contributed by atoms with Crippen molar-refractivity contribution in [1.82, 2.24) is 5.32 Å². The predicted octanol–water partition coefficient (Wildman–Crippen LogP) is 3.62. The van der Waals surface area contributed by atoms with Crippen molar-refractivity contribution in [3.63, 3.8) is 0 Å². The van der Waals surface area contributed by atoms with Crippen molar-refractivity contribution in [2.75, 3.05) is 5.32 Å². The van der Waals surface area contributed by atoms with E-state index in [1.165, 1.54) is 25.3 Å². The van der Waals surface area contributed by atoms with Gasteiger partial charge < -0.3 is 15.7 Å². The van der Waals surface area contributed by atoms with Crippen molar-refractivity contribution in [2.45, 2.75) is 51.0 Å². The Hall–Kier alpha value is -2.04. The maximum Gasteiger partial charge on any atom is 0.337 e. The van der Waals surface area contributed by atoms with Gasteiger partial charge >= 0.3 is 12.0 Å². The lowest BCUT2D eigenvalue weighted by molar-refractivity contribution is 0.0698. The molecule has 0 saturated heterocycles. The average Bonchev–Trinajstić information content (AvgIpc) is 2.42. The summed E-state index contributed by atoms with van der Waals surface area (Å²) in [5, 5.41) is 14.7. The van der Waals surface area contributed by atoms with Gasteiger partial charge in [0.05, 0.1) is 11.3 Å². The second kappa shape index (κ2) is 7.67. The normalized spacial score (nSPS) is 16.6. The highest BCUT2D eigenvalue weighted by Crippen LogP contribution is 2.18. The summed E-state index contributed by atoms with van der Waals surface area (Å²) in [6, 6.07) is 6.28. The molecule has 5 heteroatoms. The van der Waals surface area contributed by atoms with Gasteiger partial charge in [-0.05, 0) is 25.0 Å². The first-order valence-corrected chi connectivity index (χ1v) is 7.56. The molecule has 0 aromatic heterocycles. The second-order valence-electron chi connectivity index (χ2n) is 5.49. The Morgan fingerprint density at radius 1 is 1.00 bits per heavy atom. The molecule has 2 amide bonds. The fourth-order valence-electron chi connectivity index (χ4n) is 2.72. The Balaban J connectivity index is 1.93. The minimum Gasteiger partial charge on any atom is -0.478 e. The maximum atomic E-state index is 12.0. The van der Waals surface area contributed by atoms with Gasteiger partial charge in [-0.1, -0.05) is 44.2 Å². The molecule has 2 rings (SSSR count). The Morgan fingerprint density at radius 2 is 1.62 bits per heavy atom. The number of carboxylic acid groups (broad SMARTS) is 1. The van der Waals surface area contributed by atoms with Crippen LogP contribution >= 0.6 is 0 Å². The molecule has 21 heavy (non-hydrogen) atoms. The zero-order valence-electron chi connectivity index (χ0n) is 12.1. The highest BCUT2D eigenvalue weighted by Gasteiger charge is 2.16. The molecule has 1 fully saturated rings. The van der Waals surface area contributed by atoms with Crippen molar-refractivity contribution in [2.24, 2.45) is 0 Å². The summed E-state index contributed by atoms with van der Waals surface area (Å²) in [6.07, 6.45) is 7.99. The molecule has 0 unspecified atom stereocenters. The van der Waals surface area contributed by atoms with Crippen LogP contribution in [0.2, 0.25) is 0 Å². The predicted molar refractivity (Wildman–Crippen MR) is 81.7 cm³/mol. The Kier molecular flexibility index (Phi) is 5.60. The van der Waals surface area contributed by atoms with Crippen LogP contribution in [0, 0.1) is 0 Å². The van der Waals surface area contributed by atoms with E-state index in [2.05, 4.69) is 10.6 Å². The van der Waals surface area contributed by atoms with Crippen molar-refractivity contribution >= 4 is 17.7 Å². The minimum atomic E-state index is -1.04. The van der Waals surface area contributed by atoms with Crippen molar-refractivity contribution < 1.29 is 14.7 Å². The Bertz CT molecular complexity index is 494. The standard InChI is InChI=1S/C16H22N2O3/c19-15(20)13-10-6-7-11-14(13)18-16(21)17-12-8-4-2-1-3-5-9-12/h6-7,10-12H,1-5,8-9H2,(H,19,20)(H2,17,18,21). The van der Waals surface area contributed by atoms with Crippen LogP contribution in [0.15, 0.2) is 24.3 Å². The molecule has 1 saturated carbocycles. The van der Waals surface area contributed by atoms with Gasteiger partial charge in [0.1, 0.15) is 0 Å². The molecule has 0 atom stereocenters. The molecule has 1 aliphatic carbocycles. The summed E-state index contributed by atoms with van der Waals surface area (Å²) in [5.74, 6) is -1.04. The van der Waals surface area contributed by atoms with Gasteiger partial charge in [0.15, 0.2) is 0 Å². The fraction of sp³-hybridized carbons (Fsp3) is 0.500.